The Morgan fingerprint density at radius 1 is 1.53 bits per heavy atom. The maximum Gasteiger partial charge on any atom is 0.249 e. The van der Waals surface area contributed by atoms with Gasteiger partial charge in [-0.3, -0.25) is 10.2 Å². The Morgan fingerprint density at radius 3 is 2.73 bits per heavy atom. The van der Waals surface area contributed by atoms with Gasteiger partial charge in [-0.05, 0) is 17.7 Å². The van der Waals surface area contributed by atoms with Crippen molar-refractivity contribution in [1.82, 2.24) is 5.43 Å². The van der Waals surface area contributed by atoms with E-state index in [0.717, 1.165) is 10.0 Å². The molecular weight excluding hydrogens is 260 g/mol. The molecule has 0 bridgehead atoms. The van der Waals surface area contributed by atoms with E-state index in [2.05, 4.69) is 21.4 Å². The van der Waals surface area contributed by atoms with Crippen LogP contribution in [0.4, 0.5) is 0 Å². The number of carbonyl (C=O) groups is 1. The molecule has 0 aliphatic carbocycles. The number of rotatable bonds is 2. The number of amides is 1. The van der Waals surface area contributed by atoms with Crippen LogP contribution in [0, 0.1) is 0 Å². The van der Waals surface area contributed by atoms with Crippen LogP contribution in [-0.2, 0) is 14.9 Å². The van der Waals surface area contributed by atoms with Crippen molar-refractivity contribution in [3.8, 4) is 0 Å². The minimum Gasteiger partial charge on any atom is -0.378 e. The van der Waals surface area contributed by atoms with E-state index in [1.807, 2.05) is 24.3 Å². The number of benzene rings is 1. The van der Waals surface area contributed by atoms with Gasteiger partial charge in [-0.1, -0.05) is 28.1 Å². The molecule has 1 heterocycles. The molecule has 15 heavy (non-hydrogen) atoms. The molecule has 4 nitrogen and oxygen atoms in total. The molecular formula is C10H11BrN2O2. The maximum atomic E-state index is 11.7. The molecule has 1 amide bonds. The zero-order valence-electron chi connectivity index (χ0n) is 8.00. The molecule has 0 saturated carbocycles. The average Bonchev–Trinajstić information content (AvgIpc) is 2.16. The highest BCUT2D eigenvalue weighted by Crippen LogP contribution is 2.33. The monoisotopic (exact) mass is 270 g/mol. The van der Waals surface area contributed by atoms with Crippen LogP contribution >= 0.6 is 15.9 Å². The summed E-state index contributed by atoms with van der Waals surface area (Å²) in [4.78, 5) is 11.7. The standard InChI is InChI=1S/C10H11BrN2O2/c11-8-3-1-2-7(4-8)10(5-15-6-10)9(14)13-12/h1-4H,5-6,12H2,(H,13,14). The zero-order chi connectivity index (χ0) is 10.9. The lowest BCUT2D eigenvalue weighted by Crippen LogP contribution is -2.59. The quantitative estimate of drug-likeness (QED) is 0.473. The predicted molar refractivity (Wildman–Crippen MR) is 59.0 cm³/mol. The largest absolute Gasteiger partial charge is 0.378 e. The molecule has 3 N–H and O–H groups in total. The van der Waals surface area contributed by atoms with Crippen molar-refractivity contribution in [3.63, 3.8) is 0 Å². The normalized spacial score (nSPS) is 18.0. The predicted octanol–water partition coefficient (Wildman–Crippen LogP) is 0.707. The van der Waals surface area contributed by atoms with E-state index in [1.165, 1.54) is 0 Å². The summed E-state index contributed by atoms with van der Waals surface area (Å²) in [6.07, 6.45) is 0. The molecule has 1 saturated heterocycles. The van der Waals surface area contributed by atoms with Crippen LogP contribution in [0.5, 0.6) is 0 Å². The Hall–Kier alpha value is -0.910. The Kier molecular flexibility index (Phi) is 2.77. The smallest absolute Gasteiger partial charge is 0.249 e. The fraction of sp³-hybridized carbons (Fsp3) is 0.300. The highest BCUT2D eigenvalue weighted by atomic mass is 79.9. The van der Waals surface area contributed by atoms with Crippen LogP contribution in [0.15, 0.2) is 28.7 Å². The first-order chi connectivity index (χ1) is 7.19. The van der Waals surface area contributed by atoms with Gasteiger partial charge in [0.1, 0.15) is 5.41 Å². The van der Waals surface area contributed by atoms with Gasteiger partial charge in [-0.25, -0.2) is 5.84 Å². The first-order valence-electron chi connectivity index (χ1n) is 4.54. The number of carbonyl (C=O) groups excluding carboxylic acids is 1. The number of hydrazine groups is 1. The van der Waals surface area contributed by atoms with Gasteiger partial charge in [-0.2, -0.15) is 0 Å². The van der Waals surface area contributed by atoms with Crippen molar-refractivity contribution in [2.75, 3.05) is 13.2 Å². The van der Waals surface area contributed by atoms with Crippen LogP contribution in [0.1, 0.15) is 5.56 Å². The first kappa shape index (κ1) is 10.6. The molecule has 1 aromatic carbocycles. The van der Waals surface area contributed by atoms with Gasteiger partial charge in [0.05, 0.1) is 13.2 Å². The van der Waals surface area contributed by atoms with Gasteiger partial charge in [0, 0.05) is 4.47 Å². The van der Waals surface area contributed by atoms with Gasteiger partial charge < -0.3 is 4.74 Å². The molecule has 0 atom stereocenters. The summed E-state index contributed by atoms with van der Waals surface area (Å²) in [5.41, 5.74) is 2.50. The summed E-state index contributed by atoms with van der Waals surface area (Å²) >= 11 is 3.38. The molecule has 80 valence electrons. The highest BCUT2D eigenvalue weighted by molar-refractivity contribution is 9.10. The van der Waals surface area contributed by atoms with Crippen molar-refractivity contribution < 1.29 is 9.53 Å². The lowest BCUT2D eigenvalue weighted by molar-refractivity contribution is -0.145. The van der Waals surface area contributed by atoms with Gasteiger partial charge >= 0.3 is 0 Å². The number of hydrogen-bond acceptors (Lipinski definition) is 3. The number of nitrogens with two attached hydrogens (primary N) is 1. The molecule has 0 aromatic heterocycles. The third-order valence-electron chi connectivity index (χ3n) is 2.64. The Labute approximate surface area is 95.9 Å². The van der Waals surface area contributed by atoms with E-state index >= 15 is 0 Å². The third kappa shape index (κ3) is 1.67. The number of nitrogens with one attached hydrogen (secondary N) is 1. The minimum atomic E-state index is -0.613. The summed E-state index contributed by atoms with van der Waals surface area (Å²) in [6, 6.07) is 7.63. The summed E-state index contributed by atoms with van der Waals surface area (Å²) in [7, 11) is 0. The molecule has 0 unspecified atom stereocenters. The number of hydrogen-bond donors (Lipinski definition) is 2. The molecule has 0 radical (unpaired) electrons. The first-order valence-corrected chi connectivity index (χ1v) is 5.33. The van der Waals surface area contributed by atoms with Crippen molar-refractivity contribution in [2.45, 2.75) is 5.41 Å². The van der Waals surface area contributed by atoms with Crippen molar-refractivity contribution >= 4 is 21.8 Å². The van der Waals surface area contributed by atoms with E-state index in [-0.39, 0.29) is 5.91 Å². The van der Waals surface area contributed by atoms with Crippen LogP contribution in [0.2, 0.25) is 0 Å². The molecule has 1 aliphatic rings. The van der Waals surface area contributed by atoms with Crippen LogP contribution in [0.25, 0.3) is 0 Å². The molecule has 5 heteroatoms. The van der Waals surface area contributed by atoms with Crippen LogP contribution in [0.3, 0.4) is 0 Å². The fourth-order valence-corrected chi connectivity index (χ4v) is 2.06. The van der Waals surface area contributed by atoms with Crippen molar-refractivity contribution in [2.24, 2.45) is 5.84 Å². The van der Waals surface area contributed by atoms with Crippen molar-refractivity contribution in [3.05, 3.63) is 34.3 Å². The second-order valence-electron chi connectivity index (χ2n) is 3.56. The van der Waals surface area contributed by atoms with Crippen LogP contribution in [-0.4, -0.2) is 19.1 Å². The lowest BCUT2D eigenvalue weighted by atomic mass is 9.78. The van der Waals surface area contributed by atoms with E-state index < -0.39 is 5.41 Å². The third-order valence-corrected chi connectivity index (χ3v) is 3.13. The minimum absolute atomic E-state index is 0.202. The van der Waals surface area contributed by atoms with Gasteiger partial charge in [0.25, 0.3) is 0 Å². The number of halogens is 1. The summed E-state index contributed by atoms with van der Waals surface area (Å²) in [5, 5.41) is 0. The summed E-state index contributed by atoms with van der Waals surface area (Å²) < 4.78 is 6.06. The average molecular weight is 271 g/mol. The fourth-order valence-electron chi connectivity index (χ4n) is 1.66. The van der Waals surface area contributed by atoms with Gasteiger partial charge in [0.2, 0.25) is 5.91 Å². The second-order valence-corrected chi connectivity index (χ2v) is 4.47. The van der Waals surface area contributed by atoms with E-state index in [0.29, 0.717) is 13.2 Å². The molecule has 1 aromatic rings. The Morgan fingerprint density at radius 2 is 2.27 bits per heavy atom. The van der Waals surface area contributed by atoms with Crippen LogP contribution < -0.4 is 11.3 Å². The van der Waals surface area contributed by atoms with E-state index in [1.54, 1.807) is 0 Å². The topological polar surface area (TPSA) is 64.3 Å². The Bertz CT molecular complexity index is 391. The number of ether oxygens (including phenoxy) is 1. The molecule has 0 spiro atoms. The Balaban J connectivity index is 2.38. The van der Waals surface area contributed by atoms with E-state index in [9.17, 15) is 4.79 Å². The molecule has 2 rings (SSSR count). The lowest BCUT2D eigenvalue weighted by Gasteiger charge is -2.39. The molecule has 1 fully saturated rings. The SMILES string of the molecule is NNC(=O)C1(c2cccc(Br)c2)COC1. The van der Waals surface area contributed by atoms with E-state index in [4.69, 9.17) is 10.6 Å². The summed E-state index contributed by atoms with van der Waals surface area (Å²) in [5.74, 6) is 4.97. The zero-order valence-corrected chi connectivity index (χ0v) is 9.58. The second kappa shape index (κ2) is 3.92. The van der Waals surface area contributed by atoms with Gasteiger partial charge in [-0.15, -0.1) is 0 Å². The molecule has 1 aliphatic heterocycles. The maximum absolute atomic E-state index is 11.7. The summed E-state index contributed by atoms with van der Waals surface area (Å²) in [6.45, 7) is 0.763. The van der Waals surface area contributed by atoms with Crippen molar-refractivity contribution in [1.29, 1.82) is 0 Å². The van der Waals surface area contributed by atoms with Gasteiger partial charge in [0.15, 0.2) is 0 Å². The highest BCUT2D eigenvalue weighted by Gasteiger charge is 2.47.